The Bertz CT molecular complexity index is 386. The lowest BCUT2D eigenvalue weighted by atomic mass is 9.79. The Morgan fingerprint density at radius 2 is 2.27 bits per heavy atom. The van der Waals surface area contributed by atoms with Crippen molar-refractivity contribution in [2.24, 2.45) is 0 Å². The van der Waals surface area contributed by atoms with Crippen molar-refractivity contribution in [1.82, 2.24) is 0 Å². The number of benzene rings is 1. The molecular weight excluding hydrogens is 191 g/mol. The number of ketones is 1. The summed E-state index contributed by atoms with van der Waals surface area (Å²) in [5.41, 5.74) is 1.11. The third kappa shape index (κ3) is 1.58. The molecule has 1 aliphatic carbocycles. The Kier molecular flexibility index (Phi) is 2.59. The highest BCUT2D eigenvalue weighted by molar-refractivity contribution is 5.92. The summed E-state index contributed by atoms with van der Waals surface area (Å²) in [6, 6.07) is 7.67. The molecule has 1 aromatic carbocycles. The van der Waals surface area contributed by atoms with Crippen LogP contribution in [0.25, 0.3) is 0 Å². The SMILES string of the molecule is Cc1cccc(C2(CF)CCCC2=O)c1. The molecule has 0 heterocycles. The number of carbonyl (C=O) groups excluding carboxylic acids is 1. The van der Waals surface area contributed by atoms with Crippen LogP contribution in [-0.2, 0) is 10.2 Å². The molecule has 0 amide bonds. The Morgan fingerprint density at radius 3 is 2.80 bits per heavy atom. The maximum Gasteiger partial charge on any atom is 0.146 e. The van der Waals surface area contributed by atoms with Gasteiger partial charge in [0.2, 0.25) is 0 Å². The molecule has 1 aromatic rings. The molecule has 2 heteroatoms. The van der Waals surface area contributed by atoms with Crippen LogP contribution in [-0.4, -0.2) is 12.5 Å². The molecule has 1 aliphatic rings. The smallest absolute Gasteiger partial charge is 0.146 e. The molecule has 2 rings (SSSR count). The largest absolute Gasteiger partial charge is 0.299 e. The summed E-state index contributed by atoms with van der Waals surface area (Å²) in [6.45, 7) is 1.41. The molecule has 0 saturated heterocycles. The minimum absolute atomic E-state index is 0.0654. The predicted octanol–water partition coefficient (Wildman–Crippen LogP) is 2.96. The monoisotopic (exact) mass is 206 g/mol. The van der Waals surface area contributed by atoms with Gasteiger partial charge in [0.1, 0.15) is 12.5 Å². The van der Waals surface area contributed by atoms with Gasteiger partial charge < -0.3 is 0 Å². The second kappa shape index (κ2) is 3.76. The van der Waals surface area contributed by atoms with Crippen LogP contribution in [0.5, 0.6) is 0 Å². The molecule has 80 valence electrons. The maximum atomic E-state index is 13.2. The van der Waals surface area contributed by atoms with Crippen molar-refractivity contribution in [3.63, 3.8) is 0 Å². The Labute approximate surface area is 89.3 Å². The van der Waals surface area contributed by atoms with Gasteiger partial charge in [-0.25, -0.2) is 4.39 Å². The molecule has 0 spiro atoms. The zero-order valence-corrected chi connectivity index (χ0v) is 8.92. The second-order valence-electron chi connectivity index (χ2n) is 4.36. The maximum absolute atomic E-state index is 13.2. The van der Waals surface area contributed by atoms with Crippen molar-refractivity contribution in [1.29, 1.82) is 0 Å². The van der Waals surface area contributed by atoms with E-state index >= 15 is 0 Å². The van der Waals surface area contributed by atoms with Gasteiger partial charge in [-0.05, 0) is 25.3 Å². The van der Waals surface area contributed by atoms with E-state index in [-0.39, 0.29) is 5.78 Å². The molecule has 15 heavy (non-hydrogen) atoms. The molecule has 0 aromatic heterocycles. The lowest BCUT2D eigenvalue weighted by Crippen LogP contribution is -2.33. The molecule has 1 saturated carbocycles. The fourth-order valence-electron chi connectivity index (χ4n) is 2.40. The highest BCUT2D eigenvalue weighted by Gasteiger charge is 2.43. The van der Waals surface area contributed by atoms with Gasteiger partial charge in [-0.2, -0.15) is 0 Å². The first-order valence-electron chi connectivity index (χ1n) is 5.35. The van der Waals surface area contributed by atoms with Gasteiger partial charge in [0.15, 0.2) is 0 Å². The fourth-order valence-corrected chi connectivity index (χ4v) is 2.40. The Balaban J connectivity index is 2.46. The lowest BCUT2D eigenvalue weighted by Gasteiger charge is -2.24. The molecule has 0 N–H and O–H groups in total. The number of halogens is 1. The minimum Gasteiger partial charge on any atom is -0.299 e. The molecule has 1 unspecified atom stereocenters. The van der Waals surface area contributed by atoms with Crippen LogP contribution in [0, 0.1) is 6.92 Å². The third-order valence-electron chi connectivity index (χ3n) is 3.34. The van der Waals surface area contributed by atoms with E-state index < -0.39 is 12.1 Å². The van der Waals surface area contributed by atoms with E-state index in [1.165, 1.54) is 0 Å². The van der Waals surface area contributed by atoms with Gasteiger partial charge in [-0.3, -0.25) is 4.79 Å². The number of hydrogen-bond acceptors (Lipinski definition) is 1. The van der Waals surface area contributed by atoms with Crippen molar-refractivity contribution < 1.29 is 9.18 Å². The number of rotatable bonds is 2. The van der Waals surface area contributed by atoms with E-state index in [9.17, 15) is 9.18 Å². The summed E-state index contributed by atoms with van der Waals surface area (Å²) in [6.07, 6.45) is 2.00. The van der Waals surface area contributed by atoms with Crippen LogP contribution < -0.4 is 0 Å². The van der Waals surface area contributed by atoms with Crippen LogP contribution in [0.3, 0.4) is 0 Å². The topological polar surface area (TPSA) is 17.1 Å². The molecule has 1 fully saturated rings. The van der Waals surface area contributed by atoms with Crippen molar-refractivity contribution in [2.75, 3.05) is 6.67 Å². The van der Waals surface area contributed by atoms with Crippen molar-refractivity contribution >= 4 is 5.78 Å². The number of carbonyl (C=O) groups is 1. The van der Waals surface area contributed by atoms with E-state index in [1.54, 1.807) is 0 Å². The standard InChI is InChI=1S/C13H15FO/c1-10-4-2-5-11(8-10)13(9-14)7-3-6-12(13)15/h2,4-5,8H,3,6-7,9H2,1H3. The molecular formula is C13H15FO. The number of alkyl halides is 1. The fraction of sp³-hybridized carbons (Fsp3) is 0.462. The van der Waals surface area contributed by atoms with Crippen LogP contribution in [0.15, 0.2) is 24.3 Å². The van der Waals surface area contributed by atoms with E-state index in [2.05, 4.69) is 0 Å². The van der Waals surface area contributed by atoms with Gasteiger partial charge in [0.25, 0.3) is 0 Å². The summed E-state index contributed by atoms with van der Waals surface area (Å²) in [5.74, 6) is 0.0654. The highest BCUT2D eigenvalue weighted by Crippen LogP contribution is 2.38. The first-order chi connectivity index (χ1) is 7.19. The van der Waals surface area contributed by atoms with Crippen LogP contribution in [0.2, 0.25) is 0 Å². The zero-order chi connectivity index (χ0) is 10.9. The average molecular weight is 206 g/mol. The molecule has 0 radical (unpaired) electrons. The van der Waals surface area contributed by atoms with E-state index in [0.717, 1.165) is 17.5 Å². The van der Waals surface area contributed by atoms with Gasteiger partial charge in [0, 0.05) is 6.42 Å². The normalized spacial score (nSPS) is 25.9. The Morgan fingerprint density at radius 1 is 1.47 bits per heavy atom. The Hall–Kier alpha value is -1.18. The third-order valence-corrected chi connectivity index (χ3v) is 3.34. The summed E-state index contributed by atoms with van der Waals surface area (Å²) < 4.78 is 13.2. The first-order valence-corrected chi connectivity index (χ1v) is 5.35. The minimum atomic E-state index is -0.827. The van der Waals surface area contributed by atoms with Crippen LogP contribution >= 0.6 is 0 Å². The summed E-state index contributed by atoms with van der Waals surface area (Å²) in [5, 5.41) is 0. The van der Waals surface area contributed by atoms with Crippen molar-refractivity contribution in [3.05, 3.63) is 35.4 Å². The van der Waals surface area contributed by atoms with Crippen LogP contribution in [0.4, 0.5) is 4.39 Å². The zero-order valence-electron chi connectivity index (χ0n) is 8.92. The summed E-state index contributed by atoms with van der Waals surface area (Å²) >= 11 is 0. The average Bonchev–Trinajstić information content (AvgIpc) is 2.61. The van der Waals surface area contributed by atoms with Crippen molar-refractivity contribution in [2.45, 2.75) is 31.6 Å². The molecule has 0 bridgehead atoms. The first kappa shape index (κ1) is 10.3. The number of Topliss-reactive ketones (excluding diaryl/α,β-unsaturated/α-hetero) is 1. The molecule has 1 nitrogen and oxygen atoms in total. The van der Waals surface area contributed by atoms with E-state index in [4.69, 9.17) is 0 Å². The van der Waals surface area contributed by atoms with E-state index in [1.807, 2.05) is 31.2 Å². The van der Waals surface area contributed by atoms with Crippen molar-refractivity contribution in [3.8, 4) is 0 Å². The number of hydrogen-bond donors (Lipinski definition) is 0. The molecule has 0 aliphatic heterocycles. The highest BCUT2D eigenvalue weighted by atomic mass is 19.1. The predicted molar refractivity (Wildman–Crippen MR) is 57.7 cm³/mol. The summed E-state index contributed by atoms with van der Waals surface area (Å²) in [7, 11) is 0. The molecule has 1 atom stereocenters. The second-order valence-corrected chi connectivity index (χ2v) is 4.36. The number of aryl methyl sites for hydroxylation is 1. The van der Waals surface area contributed by atoms with Gasteiger partial charge >= 0.3 is 0 Å². The van der Waals surface area contributed by atoms with Gasteiger partial charge in [-0.1, -0.05) is 29.8 Å². The lowest BCUT2D eigenvalue weighted by molar-refractivity contribution is -0.122. The van der Waals surface area contributed by atoms with Crippen LogP contribution in [0.1, 0.15) is 30.4 Å². The van der Waals surface area contributed by atoms with E-state index in [0.29, 0.717) is 12.8 Å². The quantitative estimate of drug-likeness (QED) is 0.727. The van der Waals surface area contributed by atoms with Gasteiger partial charge in [-0.15, -0.1) is 0 Å². The van der Waals surface area contributed by atoms with Gasteiger partial charge in [0.05, 0.1) is 5.41 Å². The summed E-state index contributed by atoms with van der Waals surface area (Å²) in [4.78, 5) is 11.8.